The normalized spacial score (nSPS) is 14.6. The molecule has 1 aromatic heterocycles. The molecule has 1 N–H and O–H groups in total. The minimum absolute atomic E-state index is 0.0445. The number of hydrogen-bond donors (Lipinski definition) is 1. The molecule has 0 saturated carbocycles. The number of methoxy groups -OCH3 is 2. The molecule has 7 nitrogen and oxygen atoms in total. The van der Waals surface area contributed by atoms with Crippen LogP contribution in [-0.2, 0) is 11.2 Å². The molecule has 0 spiro atoms. The van der Waals surface area contributed by atoms with Crippen LogP contribution in [0.25, 0.3) is 0 Å². The Labute approximate surface area is 164 Å². The smallest absolute Gasteiger partial charge is 0.287 e. The highest BCUT2D eigenvalue weighted by Gasteiger charge is 2.25. The fraction of sp³-hybridized carbons (Fsp3) is 0.429. The highest BCUT2D eigenvalue weighted by atomic mass is 16.5. The Bertz CT molecular complexity index is 837. The number of piperidine rings is 1. The van der Waals surface area contributed by atoms with Crippen LogP contribution in [0.4, 0.5) is 0 Å². The molecule has 0 aliphatic carbocycles. The summed E-state index contributed by atoms with van der Waals surface area (Å²) in [5.41, 5.74) is 0.881. The zero-order valence-corrected chi connectivity index (χ0v) is 16.5. The first-order chi connectivity index (χ1) is 13.5. The molecule has 0 radical (unpaired) electrons. The van der Waals surface area contributed by atoms with E-state index in [-0.39, 0.29) is 17.9 Å². The minimum atomic E-state index is -0.205. The van der Waals surface area contributed by atoms with Gasteiger partial charge < -0.3 is 24.1 Å². The quantitative estimate of drug-likeness (QED) is 0.825. The number of carbonyl (C=O) groups is 2. The number of hydrogen-bond acceptors (Lipinski definition) is 5. The van der Waals surface area contributed by atoms with E-state index in [1.165, 1.54) is 0 Å². The summed E-state index contributed by atoms with van der Waals surface area (Å²) in [6.45, 7) is 3.04. The number of furan rings is 1. The minimum Gasteiger partial charge on any atom is -0.493 e. The first-order valence-corrected chi connectivity index (χ1v) is 9.36. The standard InChI is InChI=1S/C21H26N2O5/c1-14-4-6-18(28-14)21(25)22-16-8-10-23(11-9-16)20(24)13-15-5-7-17(26-2)19(12-15)27-3/h4-7,12,16H,8-11,13H2,1-3H3,(H,22,25). The highest BCUT2D eigenvalue weighted by Crippen LogP contribution is 2.28. The molecular formula is C21H26N2O5. The summed E-state index contributed by atoms with van der Waals surface area (Å²) >= 11 is 0. The molecule has 2 amide bonds. The van der Waals surface area contributed by atoms with Crippen LogP contribution in [0.2, 0.25) is 0 Å². The van der Waals surface area contributed by atoms with Crippen molar-refractivity contribution in [3.63, 3.8) is 0 Å². The van der Waals surface area contributed by atoms with E-state index in [2.05, 4.69) is 5.32 Å². The number of carbonyl (C=O) groups excluding carboxylic acids is 2. The van der Waals surface area contributed by atoms with Crippen molar-refractivity contribution in [2.75, 3.05) is 27.3 Å². The van der Waals surface area contributed by atoms with Crippen LogP contribution in [0.15, 0.2) is 34.7 Å². The van der Waals surface area contributed by atoms with E-state index in [9.17, 15) is 9.59 Å². The molecule has 3 rings (SSSR count). The summed E-state index contributed by atoms with van der Waals surface area (Å²) in [4.78, 5) is 26.7. The van der Waals surface area contributed by atoms with Crippen LogP contribution < -0.4 is 14.8 Å². The molecule has 150 valence electrons. The maximum absolute atomic E-state index is 12.6. The molecule has 2 heterocycles. The van der Waals surface area contributed by atoms with Crippen LogP contribution in [0.1, 0.15) is 34.7 Å². The number of likely N-dealkylation sites (tertiary alicyclic amines) is 1. The van der Waals surface area contributed by atoms with Crippen LogP contribution >= 0.6 is 0 Å². The van der Waals surface area contributed by atoms with Gasteiger partial charge >= 0.3 is 0 Å². The summed E-state index contributed by atoms with van der Waals surface area (Å²) in [6, 6.07) is 8.99. The van der Waals surface area contributed by atoms with E-state index in [4.69, 9.17) is 13.9 Å². The number of nitrogens with zero attached hydrogens (tertiary/aromatic N) is 1. The average molecular weight is 386 g/mol. The summed E-state index contributed by atoms with van der Waals surface area (Å²) < 4.78 is 15.9. The third-order valence-electron chi connectivity index (χ3n) is 4.95. The molecule has 1 saturated heterocycles. The molecule has 1 aliphatic heterocycles. The Morgan fingerprint density at radius 3 is 2.43 bits per heavy atom. The SMILES string of the molecule is COc1ccc(CC(=O)N2CCC(NC(=O)c3ccc(C)o3)CC2)cc1OC. The van der Waals surface area contributed by atoms with Gasteiger partial charge in [0.25, 0.3) is 5.91 Å². The largest absolute Gasteiger partial charge is 0.493 e. The van der Waals surface area contributed by atoms with Gasteiger partial charge in [-0.3, -0.25) is 9.59 Å². The van der Waals surface area contributed by atoms with E-state index in [0.29, 0.717) is 42.5 Å². The number of benzene rings is 1. The molecule has 1 aromatic carbocycles. The maximum Gasteiger partial charge on any atom is 0.287 e. The second-order valence-electron chi connectivity index (χ2n) is 6.90. The molecule has 0 unspecified atom stereocenters. The number of amides is 2. The molecule has 1 fully saturated rings. The van der Waals surface area contributed by atoms with Crippen LogP contribution in [0, 0.1) is 6.92 Å². The van der Waals surface area contributed by atoms with Gasteiger partial charge in [0.15, 0.2) is 17.3 Å². The topological polar surface area (TPSA) is 81.0 Å². The van der Waals surface area contributed by atoms with Crippen molar-refractivity contribution in [3.8, 4) is 11.5 Å². The Kier molecular flexibility index (Phi) is 6.23. The van der Waals surface area contributed by atoms with Crippen molar-refractivity contribution in [3.05, 3.63) is 47.4 Å². The van der Waals surface area contributed by atoms with Gasteiger partial charge in [0.05, 0.1) is 20.6 Å². The fourth-order valence-corrected chi connectivity index (χ4v) is 3.36. The predicted octanol–water partition coefficient (Wildman–Crippen LogP) is 2.57. The summed E-state index contributed by atoms with van der Waals surface area (Å²) in [6.07, 6.45) is 1.76. The number of ether oxygens (including phenoxy) is 2. The summed E-state index contributed by atoms with van der Waals surface area (Å²) in [5.74, 6) is 2.15. The summed E-state index contributed by atoms with van der Waals surface area (Å²) in [5, 5.41) is 2.98. The van der Waals surface area contributed by atoms with E-state index in [1.54, 1.807) is 39.3 Å². The molecular weight excluding hydrogens is 360 g/mol. The van der Waals surface area contributed by atoms with E-state index < -0.39 is 0 Å². The van der Waals surface area contributed by atoms with Gasteiger partial charge in [-0.15, -0.1) is 0 Å². The van der Waals surface area contributed by atoms with Crippen LogP contribution in [0.5, 0.6) is 11.5 Å². The predicted molar refractivity (Wildman–Crippen MR) is 104 cm³/mol. The Morgan fingerprint density at radius 2 is 1.82 bits per heavy atom. The van der Waals surface area contributed by atoms with Gasteiger partial charge in [0, 0.05) is 19.1 Å². The second kappa shape index (κ2) is 8.82. The Morgan fingerprint density at radius 1 is 1.11 bits per heavy atom. The molecule has 7 heteroatoms. The zero-order valence-electron chi connectivity index (χ0n) is 16.5. The van der Waals surface area contributed by atoms with Gasteiger partial charge in [-0.2, -0.15) is 0 Å². The zero-order chi connectivity index (χ0) is 20.1. The number of nitrogens with one attached hydrogen (secondary N) is 1. The third-order valence-corrected chi connectivity index (χ3v) is 4.95. The molecule has 1 aliphatic rings. The average Bonchev–Trinajstić information content (AvgIpc) is 3.15. The highest BCUT2D eigenvalue weighted by molar-refractivity contribution is 5.91. The van der Waals surface area contributed by atoms with Gasteiger partial charge in [-0.05, 0) is 49.6 Å². The number of rotatable bonds is 6. The molecule has 0 atom stereocenters. The van der Waals surface area contributed by atoms with Crippen molar-refractivity contribution in [1.29, 1.82) is 0 Å². The van der Waals surface area contributed by atoms with E-state index in [0.717, 1.165) is 18.4 Å². The lowest BCUT2D eigenvalue weighted by molar-refractivity contribution is -0.131. The monoisotopic (exact) mass is 386 g/mol. The van der Waals surface area contributed by atoms with E-state index in [1.807, 2.05) is 17.0 Å². The second-order valence-corrected chi connectivity index (χ2v) is 6.90. The Balaban J connectivity index is 1.50. The first kappa shape index (κ1) is 19.8. The first-order valence-electron chi connectivity index (χ1n) is 9.36. The fourth-order valence-electron chi connectivity index (χ4n) is 3.36. The van der Waals surface area contributed by atoms with Gasteiger partial charge in [0.1, 0.15) is 5.76 Å². The summed E-state index contributed by atoms with van der Waals surface area (Å²) in [7, 11) is 3.16. The lowest BCUT2D eigenvalue weighted by Crippen LogP contribution is -2.46. The molecule has 2 aromatic rings. The van der Waals surface area contributed by atoms with Crippen molar-refractivity contribution in [2.24, 2.45) is 0 Å². The maximum atomic E-state index is 12.6. The van der Waals surface area contributed by atoms with Crippen LogP contribution in [0.3, 0.4) is 0 Å². The van der Waals surface area contributed by atoms with Gasteiger partial charge in [-0.1, -0.05) is 6.07 Å². The Hall–Kier alpha value is -2.96. The van der Waals surface area contributed by atoms with E-state index >= 15 is 0 Å². The number of aryl methyl sites for hydroxylation is 1. The van der Waals surface area contributed by atoms with Crippen molar-refractivity contribution in [2.45, 2.75) is 32.2 Å². The van der Waals surface area contributed by atoms with Crippen LogP contribution in [-0.4, -0.2) is 50.1 Å². The van der Waals surface area contributed by atoms with Crippen molar-refractivity contribution >= 4 is 11.8 Å². The molecule has 0 bridgehead atoms. The lowest BCUT2D eigenvalue weighted by Gasteiger charge is -2.32. The van der Waals surface area contributed by atoms with Gasteiger partial charge in [0.2, 0.25) is 5.91 Å². The van der Waals surface area contributed by atoms with Crippen molar-refractivity contribution < 1.29 is 23.5 Å². The third kappa shape index (κ3) is 4.65. The van der Waals surface area contributed by atoms with Crippen molar-refractivity contribution in [1.82, 2.24) is 10.2 Å². The lowest BCUT2D eigenvalue weighted by atomic mass is 10.0. The van der Waals surface area contributed by atoms with Gasteiger partial charge in [-0.25, -0.2) is 0 Å². The molecule has 28 heavy (non-hydrogen) atoms.